The number of carbonyl (C=O) groups excluding carboxylic acids is 1. The number of aliphatic hydroxyl groups excluding tert-OH is 1. The number of anilines is 1. The van der Waals surface area contributed by atoms with Crippen LogP contribution in [0.5, 0.6) is 5.75 Å². The fourth-order valence-corrected chi connectivity index (χ4v) is 2.02. The van der Waals surface area contributed by atoms with Gasteiger partial charge in [0, 0.05) is 12.8 Å². The molecule has 18 heavy (non-hydrogen) atoms. The Balaban J connectivity index is 2.23. The maximum absolute atomic E-state index is 11.0. The minimum absolute atomic E-state index is 0.0552. The quantitative estimate of drug-likeness (QED) is 0.628. The van der Waals surface area contributed by atoms with Crippen LogP contribution >= 0.6 is 11.8 Å². The second-order valence-electron chi connectivity index (χ2n) is 3.69. The van der Waals surface area contributed by atoms with E-state index in [1.54, 1.807) is 19.2 Å². The van der Waals surface area contributed by atoms with Gasteiger partial charge in [0.25, 0.3) is 0 Å². The third-order valence-electron chi connectivity index (χ3n) is 2.17. The van der Waals surface area contributed by atoms with Gasteiger partial charge in [-0.2, -0.15) is 0 Å². The number of hydrogen-bond acceptors (Lipinski definition) is 5. The monoisotopic (exact) mass is 270 g/mol. The van der Waals surface area contributed by atoms with E-state index in [1.807, 2.05) is 12.1 Å². The highest BCUT2D eigenvalue weighted by atomic mass is 32.2. The maximum Gasteiger partial charge on any atom is 0.229 e. The molecule has 0 aromatic heterocycles. The van der Waals surface area contributed by atoms with Gasteiger partial charge in [0.2, 0.25) is 5.91 Å². The molecule has 0 spiro atoms. The molecule has 1 unspecified atom stereocenters. The SMILES string of the molecule is CNC(=O)CSCC(O)COc1ccccc1N. The van der Waals surface area contributed by atoms with Crippen molar-refractivity contribution in [2.75, 3.05) is 30.9 Å². The van der Waals surface area contributed by atoms with E-state index in [2.05, 4.69) is 5.32 Å². The topological polar surface area (TPSA) is 84.6 Å². The molecular formula is C12H18N2O3S. The number of amides is 1. The minimum Gasteiger partial charge on any atom is -0.489 e. The zero-order valence-corrected chi connectivity index (χ0v) is 11.1. The first kappa shape index (κ1) is 14.7. The first-order valence-corrected chi connectivity index (χ1v) is 6.72. The number of para-hydroxylation sites is 2. The summed E-state index contributed by atoms with van der Waals surface area (Å²) >= 11 is 1.36. The van der Waals surface area contributed by atoms with Gasteiger partial charge in [0.05, 0.1) is 17.5 Å². The summed E-state index contributed by atoms with van der Waals surface area (Å²) in [5, 5.41) is 12.2. The smallest absolute Gasteiger partial charge is 0.229 e. The fraction of sp³-hybridized carbons (Fsp3) is 0.417. The summed E-state index contributed by atoms with van der Waals surface area (Å²) in [4.78, 5) is 11.0. The summed E-state index contributed by atoms with van der Waals surface area (Å²) < 4.78 is 5.39. The predicted molar refractivity (Wildman–Crippen MR) is 73.7 cm³/mol. The van der Waals surface area contributed by atoms with Crippen molar-refractivity contribution in [3.05, 3.63) is 24.3 Å². The molecule has 4 N–H and O–H groups in total. The molecule has 1 rings (SSSR count). The van der Waals surface area contributed by atoms with Crippen molar-refractivity contribution in [2.45, 2.75) is 6.10 Å². The number of rotatable bonds is 7. The van der Waals surface area contributed by atoms with Gasteiger partial charge in [-0.25, -0.2) is 0 Å². The van der Waals surface area contributed by atoms with Crippen LogP contribution in [0.3, 0.4) is 0 Å². The molecule has 5 nitrogen and oxygen atoms in total. The molecule has 1 aromatic rings. The van der Waals surface area contributed by atoms with Gasteiger partial charge in [-0.3, -0.25) is 4.79 Å². The second-order valence-corrected chi connectivity index (χ2v) is 4.72. The molecule has 1 amide bonds. The third-order valence-corrected chi connectivity index (χ3v) is 3.26. The molecule has 0 fully saturated rings. The molecule has 1 atom stereocenters. The summed E-state index contributed by atoms with van der Waals surface area (Å²) in [6.07, 6.45) is -0.626. The Bertz CT molecular complexity index is 387. The molecule has 0 saturated heterocycles. The summed E-state index contributed by atoms with van der Waals surface area (Å²) in [6, 6.07) is 7.12. The van der Waals surface area contributed by atoms with Gasteiger partial charge in [0.15, 0.2) is 0 Å². The van der Waals surface area contributed by atoms with E-state index in [4.69, 9.17) is 10.5 Å². The maximum atomic E-state index is 11.0. The Labute approximate surface area is 111 Å². The van der Waals surface area contributed by atoms with Crippen LogP contribution in [0.15, 0.2) is 24.3 Å². The molecule has 6 heteroatoms. The average Bonchev–Trinajstić information content (AvgIpc) is 2.37. The van der Waals surface area contributed by atoms with E-state index in [-0.39, 0.29) is 12.5 Å². The van der Waals surface area contributed by atoms with E-state index in [0.29, 0.717) is 22.9 Å². The number of hydrogen-bond donors (Lipinski definition) is 3. The van der Waals surface area contributed by atoms with Gasteiger partial charge in [-0.1, -0.05) is 12.1 Å². The zero-order chi connectivity index (χ0) is 13.4. The number of nitrogens with two attached hydrogens (primary N) is 1. The van der Waals surface area contributed by atoms with Crippen molar-refractivity contribution in [1.82, 2.24) is 5.32 Å². The number of ether oxygens (including phenoxy) is 1. The number of nitrogen functional groups attached to an aromatic ring is 1. The highest BCUT2D eigenvalue weighted by molar-refractivity contribution is 7.99. The standard InChI is InChI=1S/C12H18N2O3S/c1-14-12(16)8-18-7-9(15)6-17-11-5-3-2-4-10(11)13/h2-5,9,15H,6-8,13H2,1H3,(H,14,16). The molecule has 0 bridgehead atoms. The lowest BCUT2D eigenvalue weighted by atomic mass is 10.3. The van der Waals surface area contributed by atoms with Gasteiger partial charge in [-0.15, -0.1) is 11.8 Å². The highest BCUT2D eigenvalue weighted by Gasteiger charge is 2.08. The Morgan fingerprint density at radius 2 is 2.28 bits per heavy atom. The molecule has 0 aliphatic rings. The van der Waals surface area contributed by atoms with Gasteiger partial charge < -0.3 is 20.9 Å². The molecule has 1 aromatic carbocycles. The summed E-state index contributed by atoms with van der Waals surface area (Å²) in [6.45, 7) is 0.162. The molecule has 0 radical (unpaired) electrons. The van der Waals surface area contributed by atoms with E-state index in [9.17, 15) is 9.90 Å². The van der Waals surface area contributed by atoms with E-state index < -0.39 is 6.10 Å². The first-order chi connectivity index (χ1) is 8.63. The number of carbonyl (C=O) groups is 1. The van der Waals surface area contributed by atoms with Crippen LogP contribution in [0.2, 0.25) is 0 Å². The van der Waals surface area contributed by atoms with E-state index in [0.717, 1.165) is 0 Å². The van der Waals surface area contributed by atoms with Crippen molar-refractivity contribution in [2.24, 2.45) is 0 Å². The average molecular weight is 270 g/mol. The second kappa shape index (κ2) is 7.84. The lowest BCUT2D eigenvalue weighted by Gasteiger charge is -2.13. The molecular weight excluding hydrogens is 252 g/mol. The Morgan fingerprint density at radius 1 is 1.56 bits per heavy atom. The van der Waals surface area contributed by atoms with Crippen molar-refractivity contribution >= 4 is 23.4 Å². The fourth-order valence-electron chi connectivity index (χ4n) is 1.21. The molecule has 0 heterocycles. The third kappa shape index (κ3) is 5.29. The summed E-state index contributed by atoms with van der Waals surface area (Å²) in [7, 11) is 1.58. The van der Waals surface area contributed by atoms with E-state index in [1.165, 1.54) is 11.8 Å². The van der Waals surface area contributed by atoms with E-state index >= 15 is 0 Å². The van der Waals surface area contributed by atoms with Crippen LogP contribution in [0.4, 0.5) is 5.69 Å². The lowest BCUT2D eigenvalue weighted by Crippen LogP contribution is -2.24. The number of benzene rings is 1. The summed E-state index contributed by atoms with van der Waals surface area (Å²) in [5.41, 5.74) is 6.24. The predicted octanol–water partition coefficient (Wildman–Crippen LogP) is 0.488. The molecule has 0 aliphatic heterocycles. The van der Waals surface area contributed by atoms with Crippen LogP contribution in [0.1, 0.15) is 0 Å². The van der Waals surface area contributed by atoms with Crippen molar-refractivity contribution in [1.29, 1.82) is 0 Å². The molecule has 0 saturated carbocycles. The van der Waals surface area contributed by atoms with Crippen LogP contribution in [-0.2, 0) is 4.79 Å². The molecule has 100 valence electrons. The van der Waals surface area contributed by atoms with Gasteiger partial charge in [-0.05, 0) is 12.1 Å². The van der Waals surface area contributed by atoms with Gasteiger partial charge in [0.1, 0.15) is 12.4 Å². The van der Waals surface area contributed by atoms with Crippen LogP contribution in [0.25, 0.3) is 0 Å². The Hall–Kier alpha value is -1.40. The highest BCUT2D eigenvalue weighted by Crippen LogP contribution is 2.20. The zero-order valence-electron chi connectivity index (χ0n) is 10.3. The molecule has 0 aliphatic carbocycles. The lowest BCUT2D eigenvalue weighted by molar-refractivity contribution is -0.118. The number of nitrogens with one attached hydrogen (secondary N) is 1. The Kier molecular flexibility index (Phi) is 6.38. The largest absolute Gasteiger partial charge is 0.489 e. The van der Waals surface area contributed by atoms with Crippen molar-refractivity contribution < 1.29 is 14.6 Å². The normalized spacial score (nSPS) is 11.9. The number of thioether (sulfide) groups is 1. The number of aliphatic hydroxyl groups is 1. The first-order valence-electron chi connectivity index (χ1n) is 5.57. The van der Waals surface area contributed by atoms with Crippen LogP contribution in [0, 0.1) is 0 Å². The van der Waals surface area contributed by atoms with Crippen molar-refractivity contribution in [3.63, 3.8) is 0 Å². The minimum atomic E-state index is -0.626. The Morgan fingerprint density at radius 3 is 2.94 bits per heavy atom. The van der Waals surface area contributed by atoms with Crippen molar-refractivity contribution in [3.8, 4) is 5.75 Å². The van der Waals surface area contributed by atoms with Gasteiger partial charge >= 0.3 is 0 Å². The summed E-state index contributed by atoms with van der Waals surface area (Å²) in [5.74, 6) is 1.29. The van der Waals surface area contributed by atoms with Crippen LogP contribution in [-0.4, -0.2) is 42.3 Å². The van der Waals surface area contributed by atoms with Crippen LogP contribution < -0.4 is 15.8 Å².